The molecule has 0 radical (unpaired) electrons. The fourth-order valence-electron chi connectivity index (χ4n) is 3.07. The van der Waals surface area contributed by atoms with Crippen LogP contribution in [0, 0.1) is 11.8 Å². The third-order valence-electron chi connectivity index (χ3n) is 4.81. The summed E-state index contributed by atoms with van der Waals surface area (Å²) in [7, 11) is 3.46. The van der Waals surface area contributed by atoms with Gasteiger partial charge in [0.25, 0.3) is 0 Å². The zero-order chi connectivity index (χ0) is 16.7. The van der Waals surface area contributed by atoms with Gasteiger partial charge in [0.05, 0.1) is 6.61 Å². The second-order valence-corrected chi connectivity index (χ2v) is 6.94. The summed E-state index contributed by atoms with van der Waals surface area (Å²) < 4.78 is 4.95. The van der Waals surface area contributed by atoms with Crippen LogP contribution in [0.2, 0.25) is 0 Å². The fourth-order valence-corrected chi connectivity index (χ4v) is 3.07. The van der Waals surface area contributed by atoms with Crippen LogP contribution in [0.1, 0.15) is 38.5 Å². The van der Waals surface area contributed by atoms with E-state index in [0.29, 0.717) is 25.6 Å². The molecule has 2 rings (SSSR count). The lowest BCUT2D eigenvalue weighted by Gasteiger charge is -2.24. The van der Waals surface area contributed by atoms with Gasteiger partial charge in [0.15, 0.2) is 0 Å². The van der Waals surface area contributed by atoms with Crippen molar-refractivity contribution < 1.29 is 14.3 Å². The summed E-state index contributed by atoms with van der Waals surface area (Å²) in [6, 6.07) is 0.347. The Morgan fingerprint density at radius 2 is 2.09 bits per heavy atom. The monoisotopic (exact) mass is 325 g/mol. The average Bonchev–Trinajstić information content (AvgIpc) is 3.34. The van der Waals surface area contributed by atoms with Gasteiger partial charge in [-0.1, -0.05) is 6.42 Å². The van der Waals surface area contributed by atoms with Gasteiger partial charge in [-0.05, 0) is 38.1 Å². The molecular weight excluding hydrogens is 294 g/mol. The van der Waals surface area contributed by atoms with Crippen molar-refractivity contribution in [1.82, 2.24) is 15.5 Å². The molecule has 132 valence electrons. The molecule has 2 aliphatic rings. The molecule has 0 aromatic rings. The number of nitrogens with zero attached hydrogens (tertiary/aromatic N) is 1. The molecule has 0 aromatic carbocycles. The lowest BCUT2D eigenvalue weighted by molar-refractivity contribution is -0.135. The minimum Gasteiger partial charge on any atom is -0.383 e. The number of nitrogens with one attached hydrogen (secondary N) is 2. The average molecular weight is 325 g/mol. The number of carbonyl (C=O) groups excluding carboxylic acids is 2. The second kappa shape index (κ2) is 9.23. The molecule has 0 bridgehead atoms. The summed E-state index contributed by atoms with van der Waals surface area (Å²) in [5.41, 5.74) is 0. The van der Waals surface area contributed by atoms with Gasteiger partial charge in [-0.3, -0.25) is 9.59 Å². The summed E-state index contributed by atoms with van der Waals surface area (Å²) >= 11 is 0. The molecule has 1 aliphatic carbocycles. The van der Waals surface area contributed by atoms with Crippen molar-refractivity contribution in [2.75, 3.05) is 40.4 Å². The van der Waals surface area contributed by atoms with Gasteiger partial charge < -0.3 is 20.3 Å². The van der Waals surface area contributed by atoms with E-state index in [4.69, 9.17) is 4.74 Å². The van der Waals surface area contributed by atoms with E-state index in [0.717, 1.165) is 38.3 Å². The normalized spacial score (nSPS) is 26.3. The maximum atomic E-state index is 12.4. The molecule has 2 atom stereocenters. The number of hydrogen-bond donors (Lipinski definition) is 2. The lowest BCUT2D eigenvalue weighted by atomic mass is 9.96. The van der Waals surface area contributed by atoms with Crippen molar-refractivity contribution in [3.05, 3.63) is 0 Å². The minimum atomic E-state index is -0.219. The Morgan fingerprint density at radius 1 is 1.30 bits per heavy atom. The first kappa shape index (κ1) is 18.2. The van der Waals surface area contributed by atoms with Crippen LogP contribution in [0.3, 0.4) is 0 Å². The quantitative estimate of drug-likeness (QED) is 0.678. The Kier molecular flexibility index (Phi) is 7.30. The summed E-state index contributed by atoms with van der Waals surface area (Å²) in [5.74, 6) is 0.664. The van der Waals surface area contributed by atoms with Gasteiger partial charge in [0, 0.05) is 45.6 Å². The third kappa shape index (κ3) is 6.47. The Bertz CT molecular complexity index is 399. The van der Waals surface area contributed by atoms with Gasteiger partial charge in [0.1, 0.15) is 0 Å². The van der Waals surface area contributed by atoms with E-state index >= 15 is 0 Å². The summed E-state index contributed by atoms with van der Waals surface area (Å²) in [6.07, 6.45) is 5.75. The highest BCUT2D eigenvalue weighted by atomic mass is 16.5. The standard InChI is InChI=1S/C17H31N3O3/c1-20-12-15(19-11-13-6-7-13)5-3-4-14(10-16(20)21)17(22)18-8-9-23-2/h13-15,19H,3-12H2,1-2H3,(H,18,22). The first-order valence-corrected chi connectivity index (χ1v) is 8.84. The molecule has 1 aliphatic heterocycles. The Balaban J connectivity index is 1.84. The van der Waals surface area contributed by atoms with Gasteiger partial charge in [-0.25, -0.2) is 0 Å². The highest BCUT2D eigenvalue weighted by molar-refractivity contribution is 5.85. The summed E-state index contributed by atoms with van der Waals surface area (Å²) in [5, 5.41) is 6.47. The van der Waals surface area contributed by atoms with Gasteiger partial charge in [0.2, 0.25) is 11.8 Å². The lowest BCUT2D eigenvalue weighted by Crippen LogP contribution is -2.42. The highest BCUT2D eigenvalue weighted by Crippen LogP contribution is 2.28. The second-order valence-electron chi connectivity index (χ2n) is 6.94. The number of carbonyl (C=O) groups is 2. The Labute approximate surface area is 139 Å². The maximum Gasteiger partial charge on any atom is 0.223 e. The van der Waals surface area contributed by atoms with Crippen LogP contribution < -0.4 is 10.6 Å². The van der Waals surface area contributed by atoms with E-state index in [-0.39, 0.29) is 17.7 Å². The van der Waals surface area contributed by atoms with Gasteiger partial charge in [-0.15, -0.1) is 0 Å². The van der Waals surface area contributed by atoms with Crippen LogP contribution >= 0.6 is 0 Å². The molecule has 0 aromatic heterocycles. The van der Waals surface area contributed by atoms with E-state index in [2.05, 4.69) is 10.6 Å². The van der Waals surface area contributed by atoms with Gasteiger partial charge >= 0.3 is 0 Å². The van der Waals surface area contributed by atoms with Gasteiger partial charge in [-0.2, -0.15) is 0 Å². The molecule has 1 saturated carbocycles. The van der Waals surface area contributed by atoms with Crippen molar-refractivity contribution in [2.24, 2.45) is 11.8 Å². The predicted molar refractivity (Wildman–Crippen MR) is 89.0 cm³/mol. The summed E-state index contributed by atoms with van der Waals surface area (Å²) in [6.45, 7) is 2.80. The molecule has 2 fully saturated rings. The number of amides is 2. The zero-order valence-electron chi connectivity index (χ0n) is 14.5. The number of likely N-dealkylation sites (N-methyl/N-ethyl adjacent to an activating group) is 1. The molecule has 2 unspecified atom stereocenters. The first-order chi connectivity index (χ1) is 11.1. The van der Waals surface area contributed by atoms with E-state index < -0.39 is 0 Å². The molecule has 2 N–H and O–H groups in total. The Morgan fingerprint density at radius 3 is 2.78 bits per heavy atom. The van der Waals surface area contributed by atoms with E-state index in [1.165, 1.54) is 12.8 Å². The number of methoxy groups -OCH3 is 1. The molecule has 2 amide bonds. The van der Waals surface area contributed by atoms with Crippen molar-refractivity contribution in [2.45, 2.75) is 44.6 Å². The van der Waals surface area contributed by atoms with Crippen LogP contribution in [0.25, 0.3) is 0 Å². The van der Waals surface area contributed by atoms with Crippen LogP contribution in [-0.2, 0) is 14.3 Å². The molecule has 1 heterocycles. The van der Waals surface area contributed by atoms with Crippen molar-refractivity contribution in [3.8, 4) is 0 Å². The van der Waals surface area contributed by atoms with Crippen LogP contribution in [0.15, 0.2) is 0 Å². The Hall–Kier alpha value is -1.14. The number of ether oxygens (including phenoxy) is 1. The largest absolute Gasteiger partial charge is 0.383 e. The van der Waals surface area contributed by atoms with E-state index in [1.807, 2.05) is 7.05 Å². The van der Waals surface area contributed by atoms with Crippen molar-refractivity contribution >= 4 is 11.8 Å². The molecular formula is C17H31N3O3. The fraction of sp³-hybridized carbons (Fsp3) is 0.882. The van der Waals surface area contributed by atoms with Crippen LogP contribution in [0.4, 0.5) is 0 Å². The maximum absolute atomic E-state index is 12.4. The minimum absolute atomic E-state index is 0.0202. The number of hydrogen-bond acceptors (Lipinski definition) is 4. The molecule has 0 spiro atoms. The van der Waals surface area contributed by atoms with Crippen molar-refractivity contribution in [3.63, 3.8) is 0 Å². The van der Waals surface area contributed by atoms with Crippen molar-refractivity contribution in [1.29, 1.82) is 0 Å². The number of rotatable bonds is 7. The first-order valence-electron chi connectivity index (χ1n) is 8.84. The molecule has 6 heteroatoms. The third-order valence-corrected chi connectivity index (χ3v) is 4.81. The van der Waals surface area contributed by atoms with E-state index in [1.54, 1.807) is 12.0 Å². The smallest absolute Gasteiger partial charge is 0.223 e. The highest BCUT2D eigenvalue weighted by Gasteiger charge is 2.28. The predicted octanol–water partition coefficient (Wildman–Crippen LogP) is 0.766. The SMILES string of the molecule is COCCNC(=O)C1CCCC(NCC2CC2)CN(C)C(=O)C1. The van der Waals surface area contributed by atoms with Crippen LogP contribution in [0.5, 0.6) is 0 Å². The summed E-state index contributed by atoms with van der Waals surface area (Å²) in [4.78, 5) is 26.4. The van der Waals surface area contributed by atoms with E-state index in [9.17, 15) is 9.59 Å². The molecule has 1 saturated heterocycles. The molecule has 6 nitrogen and oxygen atoms in total. The van der Waals surface area contributed by atoms with Crippen LogP contribution in [-0.4, -0.2) is 63.2 Å². The molecule has 23 heavy (non-hydrogen) atoms. The zero-order valence-corrected chi connectivity index (χ0v) is 14.5. The topological polar surface area (TPSA) is 70.7 Å².